The van der Waals surface area contributed by atoms with Gasteiger partial charge in [0, 0.05) is 13.1 Å². The van der Waals surface area contributed by atoms with Crippen molar-refractivity contribution >= 4 is 27.5 Å². The van der Waals surface area contributed by atoms with Crippen molar-refractivity contribution in [3.05, 3.63) is 65.5 Å². The summed E-state index contributed by atoms with van der Waals surface area (Å²) in [5.74, 6) is -1.31. The first kappa shape index (κ1) is 25.3. The van der Waals surface area contributed by atoms with Gasteiger partial charge >= 0.3 is 0 Å². The van der Waals surface area contributed by atoms with Crippen LogP contribution in [0.4, 0.5) is 10.1 Å². The van der Waals surface area contributed by atoms with Crippen LogP contribution in [0.1, 0.15) is 31.9 Å². The molecule has 2 amide bonds. The van der Waals surface area contributed by atoms with E-state index in [2.05, 4.69) is 5.32 Å². The van der Waals surface area contributed by atoms with Crippen molar-refractivity contribution in [2.75, 3.05) is 23.7 Å². The summed E-state index contributed by atoms with van der Waals surface area (Å²) in [6, 6.07) is 11.7. The van der Waals surface area contributed by atoms with Crippen LogP contribution in [0, 0.1) is 5.82 Å². The number of benzene rings is 2. The number of rotatable bonds is 10. The number of carbonyl (C=O) groups excluding carboxylic acids is 2. The van der Waals surface area contributed by atoms with Gasteiger partial charge in [-0.05, 0) is 49.6 Å². The second-order valence-corrected chi connectivity index (χ2v) is 9.38. The van der Waals surface area contributed by atoms with Crippen LogP contribution in [-0.4, -0.2) is 50.5 Å². The number of hydrogen-bond donors (Lipinski definition) is 1. The first-order chi connectivity index (χ1) is 15.1. The second-order valence-electron chi connectivity index (χ2n) is 7.47. The number of para-hydroxylation sites is 1. The summed E-state index contributed by atoms with van der Waals surface area (Å²) in [5.41, 5.74) is 1.83. The van der Waals surface area contributed by atoms with Crippen LogP contribution >= 0.6 is 0 Å². The third-order valence-corrected chi connectivity index (χ3v) is 6.23. The molecule has 0 heterocycles. The highest BCUT2D eigenvalue weighted by Gasteiger charge is 2.30. The molecule has 32 heavy (non-hydrogen) atoms. The zero-order chi connectivity index (χ0) is 23.9. The van der Waals surface area contributed by atoms with E-state index in [0.717, 1.165) is 16.1 Å². The van der Waals surface area contributed by atoms with Gasteiger partial charge in [0.15, 0.2) is 0 Å². The van der Waals surface area contributed by atoms with Gasteiger partial charge < -0.3 is 10.2 Å². The van der Waals surface area contributed by atoms with Gasteiger partial charge in [0.1, 0.15) is 18.4 Å². The Kier molecular flexibility index (Phi) is 8.77. The van der Waals surface area contributed by atoms with E-state index >= 15 is 0 Å². The third kappa shape index (κ3) is 6.53. The highest BCUT2D eigenvalue weighted by molar-refractivity contribution is 7.92. The predicted molar refractivity (Wildman–Crippen MR) is 123 cm³/mol. The summed E-state index contributed by atoms with van der Waals surface area (Å²) in [5, 5.41) is 2.68. The van der Waals surface area contributed by atoms with E-state index in [1.807, 2.05) is 19.1 Å². The molecule has 0 saturated heterocycles. The number of nitrogens with one attached hydrogen (secondary N) is 1. The number of carbonyl (C=O) groups is 2. The van der Waals surface area contributed by atoms with Gasteiger partial charge in [0.25, 0.3) is 0 Å². The number of sulfonamides is 1. The molecule has 0 aliphatic carbocycles. The molecule has 9 heteroatoms. The van der Waals surface area contributed by atoms with Gasteiger partial charge in [0.2, 0.25) is 21.8 Å². The topological polar surface area (TPSA) is 86.8 Å². The minimum Gasteiger partial charge on any atom is -0.355 e. The molecule has 2 aromatic carbocycles. The maximum Gasteiger partial charge on any atom is 0.244 e. The van der Waals surface area contributed by atoms with Crippen molar-refractivity contribution in [1.82, 2.24) is 10.2 Å². The quantitative estimate of drug-likeness (QED) is 0.587. The molecule has 0 aromatic heterocycles. The molecule has 0 aliphatic heterocycles. The van der Waals surface area contributed by atoms with Crippen LogP contribution in [0.5, 0.6) is 0 Å². The predicted octanol–water partition coefficient (Wildman–Crippen LogP) is 2.71. The van der Waals surface area contributed by atoms with Crippen LogP contribution in [0.15, 0.2) is 48.5 Å². The Morgan fingerprint density at radius 2 is 1.69 bits per heavy atom. The average Bonchev–Trinajstić information content (AvgIpc) is 2.75. The molecule has 1 atom stereocenters. The molecule has 2 aromatic rings. The molecule has 0 radical (unpaired) electrons. The maximum absolute atomic E-state index is 13.4. The van der Waals surface area contributed by atoms with Crippen LogP contribution in [0.2, 0.25) is 0 Å². The highest BCUT2D eigenvalue weighted by atomic mass is 32.2. The largest absolute Gasteiger partial charge is 0.355 e. The standard InChI is InChI=1S/C23H30FN3O4S/c1-5-19-9-7-8-10-21(19)27(32(4,30)31)16-22(28)26(17(3)23(29)25-6-2)15-18-11-13-20(24)14-12-18/h7-14,17H,5-6,15-16H2,1-4H3,(H,25,29)/t17-/m0/s1. The van der Waals surface area contributed by atoms with E-state index < -0.39 is 34.3 Å². The number of likely N-dealkylation sites (N-methyl/N-ethyl adjacent to an activating group) is 1. The SMILES string of the molecule is CCNC(=O)[C@H](C)N(Cc1ccc(F)cc1)C(=O)CN(c1ccccc1CC)S(C)(=O)=O. The van der Waals surface area contributed by atoms with E-state index in [1.54, 1.807) is 26.0 Å². The Hall–Kier alpha value is -2.94. The third-order valence-electron chi connectivity index (χ3n) is 5.10. The average molecular weight is 464 g/mol. The lowest BCUT2D eigenvalue weighted by atomic mass is 10.1. The molecule has 0 spiro atoms. The fraction of sp³-hybridized carbons (Fsp3) is 0.391. The fourth-order valence-corrected chi connectivity index (χ4v) is 4.22. The van der Waals surface area contributed by atoms with Gasteiger partial charge in [-0.15, -0.1) is 0 Å². The number of halogens is 1. The highest BCUT2D eigenvalue weighted by Crippen LogP contribution is 2.24. The van der Waals surface area contributed by atoms with E-state index in [1.165, 1.54) is 29.2 Å². The molecule has 0 bridgehead atoms. The molecule has 0 aliphatic rings. The van der Waals surface area contributed by atoms with Crippen LogP contribution < -0.4 is 9.62 Å². The van der Waals surface area contributed by atoms with E-state index in [0.29, 0.717) is 24.2 Å². The molecule has 1 N–H and O–H groups in total. The molecule has 174 valence electrons. The Labute approximate surface area is 189 Å². The molecular weight excluding hydrogens is 433 g/mol. The zero-order valence-corrected chi connectivity index (χ0v) is 19.7. The second kappa shape index (κ2) is 11.1. The van der Waals surface area contributed by atoms with E-state index in [-0.39, 0.29) is 12.5 Å². The van der Waals surface area contributed by atoms with Crippen molar-refractivity contribution in [1.29, 1.82) is 0 Å². The fourth-order valence-electron chi connectivity index (χ4n) is 3.34. The normalized spacial score (nSPS) is 12.2. The minimum atomic E-state index is -3.78. The van der Waals surface area contributed by atoms with Gasteiger partial charge in [-0.3, -0.25) is 13.9 Å². The maximum atomic E-state index is 13.4. The number of anilines is 1. The lowest BCUT2D eigenvalue weighted by Crippen LogP contribution is -2.51. The van der Waals surface area contributed by atoms with Gasteiger partial charge in [-0.2, -0.15) is 0 Å². The molecule has 0 fully saturated rings. The lowest BCUT2D eigenvalue weighted by molar-refractivity contribution is -0.139. The van der Waals surface area contributed by atoms with Gasteiger partial charge in [-0.25, -0.2) is 12.8 Å². The lowest BCUT2D eigenvalue weighted by Gasteiger charge is -2.32. The molecule has 2 rings (SSSR count). The van der Waals surface area contributed by atoms with Crippen LogP contribution in [-0.2, 0) is 32.6 Å². The first-order valence-electron chi connectivity index (χ1n) is 10.5. The molecular formula is C23H30FN3O4S. The summed E-state index contributed by atoms with van der Waals surface area (Å²) in [7, 11) is -3.78. The number of nitrogens with zero attached hydrogens (tertiary/aromatic N) is 2. The van der Waals surface area contributed by atoms with Crippen molar-refractivity contribution in [2.45, 2.75) is 39.8 Å². The zero-order valence-electron chi connectivity index (χ0n) is 18.8. The number of hydrogen-bond acceptors (Lipinski definition) is 4. The van der Waals surface area contributed by atoms with E-state index in [4.69, 9.17) is 0 Å². The van der Waals surface area contributed by atoms with Crippen LogP contribution in [0.25, 0.3) is 0 Å². The summed E-state index contributed by atoms with van der Waals surface area (Å²) >= 11 is 0. The van der Waals surface area contributed by atoms with E-state index in [9.17, 15) is 22.4 Å². The van der Waals surface area contributed by atoms with Crippen molar-refractivity contribution in [3.63, 3.8) is 0 Å². The van der Waals surface area contributed by atoms with Crippen LogP contribution in [0.3, 0.4) is 0 Å². The number of amides is 2. The molecule has 0 unspecified atom stereocenters. The Morgan fingerprint density at radius 3 is 2.25 bits per heavy atom. The summed E-state index contributed by atoms with van der Waals surface area (Å²) in [6.45, 7) is 5.21. The first-order valence-corrected chi connectivity index (χ1v) is 12.3. The Balaban J connectivity index is 2.41. The molecule has 0 saturated carbocycles. The summed E-state index contributed by atoms with van der Waals surface area (Å²) < 4.78 is 39.6. The molecule has 7 nitrogen and oxygen atoms in total. The number of aryl methyl sites for hydroxylation is 1. The summed E-state index contributed by atoms with van der Waals surface area (Å²) in [6.07, 6.45) is 1.63. The Bertz CT molecular complexity index is 1040. The van der Waals surface area contributed by atoms with Gasteiger partial charge in [-0.1, -0.05) is 37.3 Å². The van der Waals surface area contributed by atoms with Crippen molar-refractivity contribution < 1.29 is 22.4 Å². The van der Waals surface area contributed by atoms with Crippen molar-refractivity contribution in [2.24, 2.45) is 0 Å². The smallest absolute Gasteiger partial charge is 0.244 e. The monoisotopic (exact) mass is 463 g/mol. The minimum absolute atomic E-state index is 0.0322. The van der Waals surface area contributed by atoms with Gasteiger partial charge in [0.05, 0.1) is 11.9 Å². The summed E-state index contributed by atoms with van der Waals surface area (Å²) in [4.78, 5) is 27.2. The Morgan fingerprint density at radius 1 is 1.06 bits per heavy atom. The van der Waals surface area contributed by atoms with Crippen molar-refractivity contribution in [3.8, 4) is 0 Å².